The summed E-state index contributed by atoms with van der Waals surface area (Å²) in [5, 5.41) is 9.32. The Morgan fingerprint density at radius 1 is 1.15 bits per heavy atom. The van der Waals surface area contributed by atoms with Gasteiger partial charge in [-0.1, -0.05) is 0 Å². The topological polar surface area (TPSA) is 36.0 Å². The van der Waals surface area contributed by atoms with Gasteiger partial charge in [0.25, 0.3) is 0 Å². The first-order valence-electron chi connectivity index (χ1n) is 3.78. The second-order valence-corrected chi connectivity index (χ2v) is 2.81. The Bertz CT molecular complexity index is 411. The first-order chi connectivity index (χ1) is 6.20. The number of hydrogen-bond acceptors (Lipinski definition) is 1. The van der Waals surface area contributed by atoms with E-state index in [1.807, 2.05) is 0 Å². The van der Waals surface area contributed by atoms with Crippen LogP contribution in [0, 0.1) is 11.6 Å². The quantitative estimate of drug-likeness (QED) is 0.696. The number of H-pyrrole nitrogens is 1. The average Bonchev–Trinajstić information content (AvgIpc) is 2.48. The zero-order chi connectivity index (χ0) is 9.42. The third-order valence-electron chi connectivity index (χ3n) is 1.89. The standard InChI is InChI=1S/C9H7F2NO/c10-7-2-5-1-6(4-13)12-9(5)3-8(7)11/h1-3,12-13H,4H2. The molecule has 0 unspecified atom stereocenters. The number of aromatic nitrogens is 1. The molecular weight excluding hydrogens is 176 g/mol. The molecule has 1 aromatic carbocycles. The maximum absolute atomic E-state index is 12.7. The van der Waals surface area contributed by atoms with Crippen LogP contribution in [0.5, 0.6) is 0 Å². The van der Waals surface area contributed by atoms with E-state index in [1.165, 1.54) is 0 Å². The molecule has 0 fully saturated rings. The van der Waals surface area contributed by atoms with Crippen LogP contribution in [0.2, 0.25) is 0 Å². The largest absolute Gasteiger partial charge is 0.390 e. The molecule has 68 valence electrons. The highest BCUT2D eigenvalue weighted by Crippen LogP contribution is 2.19. The Labute approximate surface area is 72.8 Å². The molecule has 0 bridgehead atoms. The molecule has 2 aromatic rings. The average molecular weight is 183 g/mol. The zero-order valence-electron chi connectivity index (χ0n) is 6.64. The minimum Gasteiger partial charge on any atom is -0.390 e. The van der Waals surface area contributed by atoms with E-state index in [-0.39, 0.29) is 6.61 Å². The van der Waals surface area contributed by atoms with Gasteiger partial charge in [0.15, 0.2) is 11.6 Å². The number of halogens is 2. The maximum Gasteiger partial charge on any atom is 0.160 e. The normalized spacial score (nSPS) is 11.0. The van der Waals surface area contributed by atoms with Crippen molar-refractivity contribution >= 4 is 10.9 Å². The lowest BCUT2D eigenvalue weighted by Gasteiger charge is -1.91. The highest BCUT2D eigenvalue weighted by molar-refractivity contribution is 5.80. The van der Waals surface area contributed by atoms with Crippen molar-refractivity contribution in [2.45, 2.75) is 6.61 Å². The predicted molar refractivity (Wildman–Crippen MR) is 44.1 cm³/mol. The Kier molecular flexibility index (Phi) is 1.77. The summed E-state index contributed by atoms with van der Waals surface area (Å²) in [6.07, 6.45) is 0. The van der Waals surface area contributed by atoms with Gasteiger partial charge >= 0.3 is 0 Å². The Morgan fingerprint density at radius 3 is 2.54 bits per heavy atom. The fourth-order valence-electron chi connectivity index (χ4n) is 1.27. The van der Waals surface area contributed by atoms with Crippen LogP contribution in [-0.4, -0.2) is 10.1 Å². The van der Waals surface area contributed by atoms with Gasteiger partial charge in [0.1, 0.15) is 0 Å². The van der Waals surface area contributed by atoms with Crippen molar-refractivity contribution < 1.29 is 13.9 Å². The van der Waals surface area contributed by atoms with Gasteiger partial charge in [-0.3, -0.25) is 0 Å². The third kappa shape index (κ3) is 1.29. The van der Waals surface area contributed by atoms with Crippen molar-refractivity contribution in [1.29, 1.82) is 0 Å². The van der Waals surface area contributed by atoms with Gasteiger partial charge in [0.2, 0.25) is 0 Å². The van der Waals surface area contributed by atoms with Crippen LogP contribution in [0.25, 0.3) is 10.9 Å². The maximum atomic E-state index is 12.7. The number of benzene rings is 1. The lowest BCUT2D eigenvalue weighted by Crippen LogP contribution is -1.82. The van der Waals surface area contributed by atoms with Gasteiger partial charge in [-0.2, -0.15) is 0 Å². The Morgan fingerprint density at radius 2 is 1.85 bits per heavy atom. The molecule has 2 nitrogen and oxygen atoms in total. The summed E-state index contributed by atoms with van der Waals surface area (Å²) in [7, 11) is 0. The molecule has 2 N–H and O–H groups in total. The first kappa shape index (κ1) is 8.19. The first-order valence-corrected chi connectivity index (χ1v) is 3.78. The lowest BCUT2D eigenvalue weighted by molar-refractivity contribution is 0.278. The van der Waals surface area contributed by atoms with E-state index in [2.05, 4.69) is 4.98 Å². The number of hydrogen-bond donors (Lipinski definition) is 2. The van der Waals surface area contributed by atoms with Gasteiger partial charge < -0.3 is 10.1 Å². The van der Waals surface area contributed by atoms with Crippen LogP contribution in [-0.2, 0) is 6.61 Å². The summed E-state index contributed by atoms with van der Waals surface area (Å²) in [4.78, 5) is 2.76. The molecule has 13 heavy (non-hydrogen) atoms. The highest BCUT2D eigenvalue weighted by Gasteiger charge is 2.06. The molecule has 4 heteroatoms. The van der Waals surface area contributed by atoms with Crippen LogP contribution in [0.1, 0.15) is 5.69 Å². The van der Waals surface area contributed by atoms with Gasteiger partial charge in [-0.15, -0.1) is 0 Å². The van der Waals surface area contributed by atoms with Crippen molar-refractivity contribution in [3.05, 3.63) is 35.5 Å². The molecule has 0 saturated heterocycles. The van der Waals surface area contributed by atoms with Crippen molar-refractivity contribution in [2.24, 2.45) is 0 Å². The molecule has 1 heterocycles. The number of nitrogens with one attached hydrogen (secondary N) is 1. The molecule has 0 amide bonds. The second-order valence-electron chi connectivity index (χ2n) is 2.81. The summed E-state index contributed by atoms with van der Waals surface area (Å²) < 4.78 is 25.4. The van der Waals surface area contributed by atoms with E-state index in [1.54, 1.807) is 6.07 Å². The van der Waals surface area contributed by atoms with E-state index in [0.717, 1.165) is 12.1 Å². The van der Waals surface area contributed by atoms with Gasteiger partial charge in [0.05, 0.1) is 6.61 Å². The summed E-state index contributed by atoms with van der Waals surface area (Å²) >= 11 is 0. The smallest absolute Gasteiger partial charge is 0.160 e. The summed E-state index contributed by atoms with van der Waals surface area (Å²) in [5.41, 5.74) is 1.03. The SMILES string of the molecule is OCc1cc2cc(F)c(F)cc2[nH]1. The highest BCUT2D eigenvalue weighted by atomic mass is 19.2. The fraction of sp³-hybridized carbons (Fsp3) is 0.111. The van der Waals surface area contributed by atoms with Crippen LogP contribution < -0.4 is 0 Å². The number of fused-ring (bicyclic) bond motifs is 1. The monoisotopic (exact) mass is 183 g/mol. The minimum atomic E-state index is -0.890. The van der Waals surface area contributed by atoms with E-state index in [0.29, 0.717) is 16.6 Å². The van der Waals surface area contributed by atoms with Crippen molar-refractivity contribution in [2.75, 3.05) is 0 Å². The van der Waals surface area contributed by atoms with E-state index >= 15 is 0 Å². The van der Waals surface area contributed by atoms with Gasteiger partial charge in [0, 0.05) is 22.7 Å². The molecule has 0 spiro atoms. The van der Waals surface area contributed by atoms with Gasteiger partial charge in [-0.05, 0) is 12.1 Å². The van der Waals surface area contributed by atoms with Crippen LogP contribution in [0.15, 0.2) is 18.2 Å². The molecule has 0 aliphatic rings. The van der Waals surface area contributed by atoms with Crippen LogP contribution >= 0.6 is 0 Å². The summed E-state index contributed by atoms with van der Waals surface area (Å²) in [6, 6.07) is 3.75. The molecule has 0 aliphatic carbocycles. The zero-order valence-corrected chi connectivity index (χ0v) is 6.64. The van der Waals surface area contributed by atoms with Crippen molar-refractivity contribution in [3.63, 3.8) is 0 Å². The lowest BCUT2D eigenvalue weighted by atomic mass is 10.2. The Hall–Kier alpha value is -1.42. The minimum absolute atomic E-state index is 0.169. The molecule has 0 aliphatic heterocycles. The number of aliphatic hydroxyl groups excluding tert-OH is 1. The molecule has 0 atom stereocenters. The van der Waals surface area contributed by atoms with E-state index in [4.69, 9.17) is 5.11 Å². The number of aromatic amines is 1. The third-order valence-corrected chi connectivity index (χ3v) is 1.89. The summed E-state index contributed by atoms with van der Waals surface area (Å²) in [5.74, 6) is -1.77. The number of aliphatic hydroxyl groups is 1. The van der Waals surface area contributed by atoms with Crippen molar-refractivity contribution in [3.8, 4) is 0 Å². The van der Waals surface area contributed by atoms with E-state index < -0.39 is 11.6 Å². The molecular formula is C9H7F2NO. The second kappa shape index (κ2) is 2.81. The van der Waals surface area contributed by atoms with E-state index in [9.17, 15) is 8.78 Å². The predicted octanol–water partition coefficient (Wildman–Crippen LogP) is 1.94. The van der Waals surface area contributed by atoms with Crippen molar-refractivity contribution in [1.82, 2.24) is 4.98 Å². The van der Waals surface area contributed by atoms with Crippen LogP contribution in [0.3, 0.4) is 0 Å². The van der Waals surface area contributed by atoms with Crippen LogP contribution in [0.4, 0.5) is 8.78 Å². The molecule has 0 saturated carbocycles. The number of rotatable bonds is 1. The summed E-state index contributed by atoms with van der Waals surface area (Å²) in [6.45, 7) is -0.169. The molecule has 0 radical (unpaired) electrons. The van der Waals surface area contributed by atoms with Gasteiger partial charge in [-0.25, -0.2) is 8.78 Å². The fourth-order valence-corrected chi connectivity index (χ4v) is 1.27. The molecule has 1 aromatic heterocycles. The molecule has 2 rings (SSSR count). The Balaban J connectivity index is 2.70.